The fourth-order valence-electron chi connectivity index (χ4n) is 1.67. The lowest BCUT2D eigenvalue weighted by Gasteiger charge is -2.01. The normalized spacial score (nSPS) is 23.0. The Hall–Kier alpha value is -0.590. The van der Waals surface area contributed by atoms with Crippen molar-refractivity contribution in [3.8, 4) is 0 Å². The van der Waals surface area contributed by atoms with E-state index in [1.807, 2.05) is 13.0 Å². The number of rotatable bonds is 4. The summed E-state index contributed by atoms with van der Waals surface area (Å²) in [6, 6.07) is 0. The van der Waals surface area contributed by atoms with Gasteiger partial charge in [0.25, 0.3) is 0 Å². The van der Waals surface area contributed by atoms with Gasteiger partial charge < -0.3 is 0 Å². The summed E-state index contributed by atoms with van der Waals surface area (Å²) in [5, 5.41) is 0. The number of carbonyl (C=O) groups is 1. The summed E-state index contributed by atoms with van der Waals surface area (Å²) in [4.78, 5) is 11.1. The van der Waals surface area contributed by atoms with Crippen molar-refractivity contribution in [2.45, 2.75) is 46.0 Å². The summed E-state index contributed by atoms with van der Waals surface area (Å²) in [6.45, 7) is 4.22. The van der Waals surface area contributed by atoms with Crippen LogP contribution >= 0.6 is 0 Å². The lowest BCUT2D eigenvalue weighted by molar-refractivity contribution is -0.116. The minimum atomic E-state index is 0.265. The van der Waals surface area contributed by atoms with Gasteiger partial charge in [-0.15, -0.1) is 0 Å². The van der Waals surface area contributed by atoms with E-state index in [2.05, 4.69) is 6.92 Å². The van der Waals surface area contributed by atoms with Crippen LogP contribution in [0.3, 0.4) is 0 Å². The Bertz CT molecular complexity index is 191. The maximum atomic E-state index is 11.1. The van der Waals surface area contributed by atoms with Gasteiger partial charge in [0, 0.05) is 5.92 Å². The van der Waals surface area contributed by atoms with Crippen molar-refractivity contribution in [2.75, 3.05) is 0 Å². The molecular weight excluding hydrogens is 148 g/mol. The SMILES string of the molecule is CCCCCC1=CC(=O)C(C)C1. The van der Waals surface area contributed by atoms with Gasteiger partial charge in [-0.3, -0.25) is 4.79 Å². The van der Waals surface area contributed by atoms with Crippen LogP contribution in [-0.4, -0.2) is 5.78 Å². The fourth-order valence-corrected chi connectivity index (χ4v) is 1.67. The number of allylic oxidation sites excluding steroid dienone is 2. The van der Waals surface area contributed by atoms with Crippen LogP contribution in [0.2, 0.25) is 0 Å². The minimum Gasteiger partial charge on any atom is -0.295 e. The van der Waals surface area contributed by atoms with Crippen LogP contribution in [0.25, 0.3) is 0 Å². The first-order valence-electron chi connectivity index (χ1n) is 4.97. The molecule has 1 aliphatic rings. The second-order valence-corrected chi connectivity index (χ2v) is 3.77. The quantitative estimate of drug-likeness (QED) is 0.586. The highest BCUT2D eigenvalue weighted by Gasteiger charge is 2.19. The molecule has 0 spiro atoms. The molecule has 1 nitrogen and oxygen atoms in total. The van der Waals surface area contributed by atoms with Crippen LogP contribution in [0.4, 0.5) is 0 Å². The molecule has 0 saturated carbocycles. The van der Waals surface area contributed by atoms with Crippen molar-refractivity contribution in [2.24, 2.45) is 5.92 Å². The Morgan fingerprint density at radius 1 is 1.50 bits per heavy atom. The number of hydrogen-bond donors (Lipinski definition) is 0. The molecule has 1 atom stereocenters. The van der Waals surface area contributed by atoms with Crippen LogP contribution in [0.15, 0.2) is 11.6 Å². The van der Waals surface area contributed by atoms with Crippen LogP contribution < -0.4 is 0 Å². The summed E-state index contributed by atoms with van der Waals surface area (Å²) in [5.74, 6) is 0.600. The second kappa shape index (κ2) is 4.44. The molecule has 0 saturated heterocycles. The molecule has 1 rings (SSSR count). The summed E-state index contributed by atoms with van der Waals surface area (Å²) in [6.07, 6.45) is 7.83. The van der Waals surface area contributed by atoms with Crippen molar-refractivity contribution in [3.05, 3.63) is 11.6 Å². The third-order valence-electron chi connectivity index (χ3n) is 2.50. The lowest BCUT2D eigenvalue weighted by Crippen LogP contribution is -1.99. The highest BCUT2D eigenvalue weighted by atomic mass is 16.1. The first kappa shape index (κ1) is 9.50. The van der Waals surface area contributed by atoms with Gasteiger partial charge in [0.2, 0.25) is 0 Å². The van der Waals surface area contributed by atoms with Gasteiger partial charge in [0.15, 0.2) is 5.78 Å². The molecule has 0 N–H and O–H groups in total. The summed E-state index contributed by atoms with van der Waals surface area (Å²) in [7, 11) is 0. The molecule has 12 heavy (non-hydrogen) atoms. The Kier molecular flexibility index (Phi) is 3.51. The molecule has 0 aliphatic heterocycles. The zero-order valence-corrected chi connectivity index (χ0v) is 8.10. The largest absolute Gasteiger partial charge is 0.295 e. The average molecular weight is 166 g/mol. The first-order chi connectivity index (χ1) is 5.74. The predicted molar refractivity (Wildman–Crippen MR) is 51.0 cm³/mol. The van der Waals surface area contributed by atoms with Gasteiger partial charge in [-0.1, -0.05) is 32.3 Å². The van der Waals surface area contributed by atoms with Crippen LogP contribution in [-0.2, 0) is 4.79 Å². The molecule has 0 radical (unpaired) electrons. The Labute approximate surface area is 74.9 Å². The Morgan fingerprint density at radius 2 is 2.25 bits per heavy atom. The summed E-state index contributed by atoms with van der Waals surface area (Å²) >= 11 is 0. The van der Waals surface area contributed by atoms with Gasteiger partial charge in [-0.05, 0) is 25.3 Å². The zero-order valence-electron chi connectivity index (χ0n) is 8.10. The van der Waals surface area contributed by atoms with E-state index in [-0.39, 0.29) is 5.92 Å². The minimum absolute atomic E-state index is 0.265. The predicted octanol–water partition coefficient (Wildman–Crippen LogP) is 3.10. The molecule has 1 aliphatic carbocycles. The molecule has 68 valence electrons. The monoisotopic (exact) mass is 166 g/mol. The van der Waals surface area contributed by atoms with Crippen molar-refractivity contribution in [1.82, 2.24) is 0 Å². The number of hydrogen-bond acceptors (Lipinski definition) is 1. The van der Waals surface area contributed by atoms with Crippen LogP contribution in [0.5, 0.6) is 0 Å². The van der Waals surface area contributed by atoms with E-state index in [9.17, 15) is 4.79 Å². The first-order valence-corrected chi connectivity index (χ1v) is 4.97. The number of ketones is 1. The summed E-state index contributed by atoms with van der Waals surface area (Å²) in [5.41, 5.74) is 1.38. The Balaban J connectivity index is 2.26. The smallest absolute Gasteiger partial charge is 0.158 e. The van der Waals surface area contributed by atoms with Gasteiger partial charge in [0.05, 0.1) is 0 Å². The molecule has 0 heterocycles. The van der Waals surface area contributed by atoms with E-state index in [1.165, 1.54) is 24.8 Å². The molecule has 0 aromatic heterocycles. The van der Waals surface area contributed by atoms with Crippen LogP contribution in [0, 0.1) is 5.92 Å². The van der Waals surface area contributed by atoms with Gasteiger partial charge in [0.1, 0.15) is 0 Å². The summed E-state index contributed by atoms with van der Waals surface area (Å²) < 4.78 is 0. The van der Waals surface area contributed by atoms with E-state index < -0.39 is 0 Å². The van der Waals surface area contributed by atoms with Crippen molar-refractivity contribution >= 4 is 5.78 Å². The molecule has 0 amide bonds. The van der Waals surface area contributed by atoms with Gasteiger partial charge in [-0.25, -0.2) is 0 Å². The van der Waals surface area contributed by atoms with Gasteiger partial charge >= 0.3 is 0 Å². The highest BCUT2D eigenvalue weighted by molar-refractivity contribution is 5.94. The van der Waals surface area contributed by atoms with Crippen molar-refractivity contribution in [3.63, 3.8) is 0 Å². The van der Waals surface area contributed by atoms with Crippen molar-refractivity contribution < 1.29 is 4.79 Å². The van der Waals surface area contributed by atoms with E-state index in [4.69, 9.17) is 0 Å². The maximum Gasteiger partial charge on any atom is 0.158 e. The molecule has 0 bridgehead atoms. The third kappa shape index (κ3) is 2.47. The zero-order chi connectivity index (χ0) is 8.97. The molecule has 1 unspecified atom stereocenters. The third-order valence-corrected chi connectivity index (χ3v) is 2.50. The maximum absolute atomic E-state index is 11.1. The molecule has 0 fully saturated rings. The topological polar surface area (TPSA) is 17.1 Å². The number of carbonyl (C=O) groups excluding carboxylic acids is 1. The molecule has 0 aromatic rings. The van der Waals surface area contributed by atoms with E-state index in [0.29, 0.717) is 5.78 Å². The Morgan fingerprint density at radius 3 is 2.75 bits per heavy atom. The standard InChI is InChI=1S/C11H18O/c1-3-4-5-6-10-7-9(2)11(12)8-10/h8-9H,3-7H2,1-2H3. The van der Waals surface area contributed by atoms with Gasteiger partial charge in [-0.2, -0.15) is 0 Å². The van der Waals surface area contributed by atoms with Crippen molar-refractivity contribution in [1.29, 1.82) is 0 Å². The lowest BCUT2D eigenvalue weighted by atomic mass is 10.0. The molecule has 0 aromatic carbocycles. The van der Waals surface area contributed by atoms with Crippen LogP contribution in [0.1, 0.15) is 46.0 Å². The van der Waals surface area contributed by atoms with E-state index in [1.54, 1.807) is 0 Å². The number of unbranched alkanes of at least 4 members (excludes halogenated alkanes) is 2. The second-order valence-electron chi connectivity index (χ2n) is 3.77. The average Bonchev–Trinajstić information content (AvgIpc) is 2.32. The van der Waals surface area contributed by atoms with E-state index in [0.717, 1.165) is 12.8 Å². The molecule has 1 heteroatoms. The fraction of sp³-hybridized carbons (Fsp3) is 0.727. The molecular formula is C11H18O. The highest BCUT2D eigenvalue weighted by Crippen LogP contribution is 2.25. The van der Waals surface area contributed by atoms with E-state index >= 15 is 0 Å².